The van der Waals surface area contributed by atoms with Crippen molar-refractivity contribution in [2.45, 2.75) is 27.1 Å². The van der Waals surface area contributed by atoms with E-state index in [9.17, 15) is 9.90 Å². The Morgan fingerprint density at radius 3 is 2.50 bits per heavy atom. The third-order valence-electron chi connectivity index (χ3n) is 2.95. The largest absolute Gasteiger partial charge is 0.463 e. The van der Waals surface area contributed by atoms with Gasteiger partial charge >= 0.3 is 0 Å². The summed E-state index contributed by atoms with van der Waals surface area (Å²) < 4.78 is 5.38. The summed E-state index contributed by atoms with van der Waals surface area (Å²) >= 11 is 0. The second-order valence-corrected chi connectivity index (χ2v) is 4.68. The van der Waals surface area contributed by atoms with Crippen molar-refractivity contribution in [1.29, 1.82) is 0 Å². The van der Waals surface area contributed by atoms with Gasteiger partial charge in [-0.05, 0) is 26.0 Å². The molecular weight excluding hydrogens is 256 g/mol. The van der Waals surface area contributed by atoms with Gasteiger partial charge in [0.25, 0.3) is 0 Å². The second-order valence-electron chi connectivity index (χ2n) is 4.68. The molecule has 106 valence electrons. The Morgan fingerprint density at radius 1 is 1.35 bits per heavy atom. The average molecular weight is 274 g/mol. The van der Waals surface area contributed by atoms with Crippen LogP contribution in [0.25, 0.3) is 0 Å². The number of aliphatic hydroxyl groups excluding tert-OH is 1. The van der Waals surface area contributed by atoms with Gasteiger partial charge in [-0.1, -0.05) is 19.2 Å². The Hall–Kier alpha value is -2.27. The van der Waals surface area contributed by atoms with Gasteiger partial charge in [0.15, 0.2) is 6.29 Å². The molecule has 0 saturated heterocycles. The van der Waals surface area contributed by atoms with Crippen LogP contribution in [-0.4, -0.2) is 17.3 Å². The Morgan fingerprint density at radius 2 is 2.00 bits per heavy atom. The number of fused-ring (bicyclic) bond motifs is 1. The number of allylic oxidation sites excluding steroid dienone is 1. The molecular formula is C15H18N2O3. The van der Waals surface area contributed by atoms with Gasteiger partial charge < -0.3 is 9.84 Å². The average Bonchev–Trinajstić information content (AvgIpc) is 2.61. The Balaban J connectivity index is 2.64. The lowest BCUT2D eigenvalue weighted by molar-refractivity contribution is -0.116. The molecule has 1 unspecified atom stereocenters. The molecule has 5 heteroatoms. The first-order valence-corrected chi connectivity index (χ1v) is 6.27. The monoisotopic (exact) mass is 274 g/mol. The van der Waals surface area contributed by atoms with E-state index >= 15 is 0 Å². The van der Waals surface area contributed by atoms with Crippen LogP contribution in [0.3, 0.4) is 0 Å². The van der Waals surface area contributed by atoms with Gasteiger partial charge in [-0.15, -0.1) is 0 Å². The molecule has 0 aliphatic carbocycles. The van der Waals surface area contributed by atoms with Crippen LogP contribution in [0.4, 0.5) is 11.4 Å². The number of carbonyl (C=O) groups is 1. The minimum absolute atomic E-state index is 0.179. The smallest absolute Gasteiger partial charge is 0.229 e. The number of aliphatic hydroxyl groups is 1. The first kappa shape index (κ1) is 14.1. The first-order valence-electron chi connectivity index (χ1n) is 6.27. The lowest BCUT2D eigenvalue weighted by atomic mass is 10.2. The zero-order chi connectivity index (χ0) is 15.0. The Bertz CT molecular complexity index is 593. The van der Waals surface area contributed by atoms with Gasteiger partial charge in [0.2, 0.25) is 5.91 Å². The fraction of sp³-hybridized carbons (Fsp3) is 0.267. The number of anilines is 2. The molecule has 1 aromatic carbocycles. The molecule has 0 fully saturated rings. The van der Waals surface area contributed by atoms with Gasteiger partial charge in [-0.2, -0.15) is 0 Å². The highest BCUT2D eigenvalue weighted by molar-refractivity contribution is 6.05. The third kappa shape index (κ3) is 2.16. The van der Waals surface area contributed by atoms with Crippen molar-refractivity contribution >= 4 is 17.3 Å². The van der Waals surface area contributed by atoms with Crippen LogP contribution < -0.4 is 14.5 Å². The van der Waals surface area contributed by atoms with E-state index in [1.165, 1.54) is 18.7 Å². The third-order valence-corrected chi connectivity index (χ3v) is 2.95. The number of ether oxygens (including phenoxy) is 1. The number of hydrogen-bond donors (Lipinski definition) is 1. The minimum atomic E-state index is -0.970. The maximum Gasteiger partial charge on any atom is 0.229 e. The predicted molar refractivity (Wildman–Crippen MR) is 78.3 cm³/mol. The molecule has 2 rings (SSSR count). The van der Waals surface area contributed by atoms with Gasteiger partial charge in [-0.25, -0.2) is 0 Å². The standard InChI is InChI=1S/C15H18N2O3/c1-9(2)16-10(3)17(11(4)18)15-13(16)7-6-8-14(15)20-12(5)19/h6-8,12,19H,1,3H2,2,4-5H3. The molecule has 1 heterocycles. The van der Waals surface area contributed by atoms with E-state index in [2.05, 4.69) is 13.2 Å². The van der Waals surface area contributed by atoms with Crippen LogP contribution in [0.15, 0.2) is 42.9 Å². The molecule has 1 aliphatic rings. The van der Waals surface area contributed by atoms with E-state index in [1.54, 1.807) is 17.0 Å². The van der Waals surface area contributed by atoms with Gasteiger partial charge in [0.05, 0.1) is 5.69 Å². The van der Waals surface area contributed by atoms with E-state index in [0.29, 0.717) is 17.3 Å². The summed E-state index contributed by atoms with van der Waals surface area (Å²) in [6, 6.07) is 5.35. The molecule has 0 spiro atoms. The van der Waals surface area contributed by atoms with Crippen molar-refractivity contribution in [3.8, 4) is 5.75 Å². The van der Waals surface area contributed by atoms with Crippen molar-refractivity contribution in [1.82, 2.24) is 0 Å². The quantitative estimate of drug-likeness (QED) is 0.861. The Labute approximate surface area is 118 Å². The van der Waals surface area contributed by atoms with E-state index in [0.717, 1.165) is 11.4 Å². The fourth-order valence-corrected chi connectivity index (χ4v) is 2.33. The lowest BCUT2D eigenvalue weighted by Crippen LogP contribution is -2.30. The molecule has 1 aliphatic heterocycles. The van der Waals surface area contributed by atoms with E-state index in [4.69, 9.17) is 4.74 Å². The van der Waals surface area contributed by atoms with Gasteiger partial charge in [0.1, 0.15) is 17.3 Å². The summed E-state index contributed by atoms with van der Waals surface area (Å²) in [5.41, 5.74) is 2.08. The fourth-order valence-electron chi connectivity index (χ4n) is 2.33. The molecule has 20 heavy (non-hydrogen) atoms. The van der Waals surface area contributed by atoms with Crippen LogP contribution >= 0.6 is 0 Å². The zero-order valence-electron chi connectivity index (χ0n) is 11.9. The van der Waals surface area contributed by atoms with Crippen LogP contribution in [-0.2, 0) is 4.79 Å². The van der Waals surface area contributed by atoms with Gasteiger partial charge in [-0.3, -0.25) is 14.6 Å². The van der Waals surface area contributed by atoms with Crippen molar-refractivity contribution < 1.29 is 14.6 Å². The minimum Gasteiger partial charge on any atom is -0.463 e. The SMILES string of the molecule is C=C(C)N1C(=C)N(C(C)=O)c2c(OC(C)O)cccc21. The molecule has 1 N–H and O–H groups in total. The van der Waals surface area contributed by atoms with Crippen molar-refractivity contribution in [2.75, 3.05) is 9.80 Å². The number of hydrogen-bond acceptors (Lipinski definition) is 4. The van der Waals surface area contributed by atoms with Crippen LogP contribution in [0.2, 0.25) is 0 Å². The first-order chi connectivity index (χ1) is 9.34. The normalized spacial score (nSPS) is 15.1. The molecule has 1 aromatic rings. The maximum absolute atomic E-state index is 11.9. The molecule has 0 aromatic heterocycles. The molecule has 1 amide bonds. The summed E-state index contributed by atoms with van der Waals surface area (Å²) in [6.07, 6.45) is -0.970. The summed E-state index contributed by atoms with van der Waals surface area (Å²) in [4.78, 5) is 15.2. The maximum atomic E-state index is 11.9. The summed E-state index contributed by atoms with van der Waals surface area (Å²) in [5, 5.41) is 9.42. The lowest BCUT2D eigenvalue weighted by Gasteiger charge is -2.22. The summed E-state index contributed by atoms with van der Waals surface area (Å²) in [5.74, 6) is 0.751. The zero-order valence-corrected chi connectivity index (χ0v) is 11.9. The number of benzene rings is 1. The Kier molecular flexibility index (Phi) is 3.55. The molecule has 1 atom stereocenters. The van der Waals surface area contributed by atoms with Crippen molar-refractivity contribution in [3.05, 3.63) is 42.9 Å². The van der Waals surface area contributed by atoms with Crippen molar-refractivity contribution in [2.24, 2.45) is 0 Å². The number of rotatable bonds is 3. The second kappa shape index (κ2) is 5.02. The number of para-hydroxylation sites is 1. The molecule has 0 radical (unpaired) electrons. The van der Waals surface area contributed by atoms with E-state index in [-0.39, 0.29) is 5.91 Å². The topological polar surface area (TPSA) is 53.0 Å². The highest BCUT2D eigenvalue weighted by Gasteiger charge is 2.35. The van der Waals surface area contributed by atoms with E-state index in [1.807, 2.05) is 13.0 Å². The highest BCUT2D eigenvalue weighted by atomic mass is 16.6. The molecule has 0 saturated carbocycles. The number of carbonyl (C=O) groups excluding carboxylic acids is 1. The molecule has 0 bridgehead atoms. The predicted octanol–water partition coefficient (Wildman–Crippen LogP) is 2.58. The number of nitrogens with zero attached hydrogens (tertiary/aromatic N) is 2. The van der Waals surface area contributed by atoms with Crippen molar-refractivity contribution in [3.63, 3.8) is 0 Å². The van der Waals surface area contributed by atoms with Crippen LogP contribution in [0.5, 0.6) is 5.75 Å². The summed E-state index contributed by atoms with van der Waals surface area (Å²) in [7, 11) is 0. The number of amides is 1. The molecule has 5 nitrogen and oxygen atoms in total. The highest BCUT2D eigenvalue weighted by Crippen LogP contribution is 2.48. The summed E-state index contributed by atoms with van der Waals surface area (Å²) in [6.45, 7) is 12.7. The van der Waals surface area contributed by atoms with Crippen LogP contribution in [0, 0.1) is 0 Å². The van der Waals surface area contributed by atoms with Gasteiger partial charge in [0, 0.05) is 12.6 Å². The van der Waals surface area contributed by atoms with E-state index < -0.39 is 6.29 Å². The van der Waals surface area contributed by atoms with Crippen LogP contribution in [0.1, 0.15) is 20.8 Å².